The number of hydrogen-bond acceptors (Lipinski definition) is 5. The van der Waals surface area contributed by atoms with Gasteiger partial charge in [0, 0.05) is 5.69 Å². The Bertz CT molecular complexity index is 800. The van der Waals surface area contributed by atoms with Gasteiger partial charge in [-0.15, -0.1) is 0 Å². The average Bonchev–Trinajstić information content (AvgIpc) is 2.70. The highest BCUT2D eigenvalue weighted by molar-refractivity contribution is 6.32. The molecule has 0 spiro atoms. The lowest BCUT2D eigenvalue weighted by Gasteiger charge is -2.07. The van der Waals surface area contributed by atoms with Gasteiger partial charge in [0.25, 0.3) is 17.4 Å². The summed E-state index contributed by atoms with van der Waals surface area (Å²) in [5.41, 5.74) is 0.596. The molecule has 100 valence electrons. The van der Waals surface area contributed by atoms with Crippen molar-refractivity contribution in [1.82, 2.24) is 15.3 Å². The number of imide groups is 1. The molecule has 2 heterocycles. The second-order valence-electron chi connectivity index (χ2n) is 4.06. The minimum Gasteiger partial charge on any atom is -0.339 e. The molecular formula is C12H7ClN4O3. The zero-order chi connectivity index (χ0) is 14.3. The number of carbonyl (C=O) groups excluding carboxylic acids is 2. The summed E-state index contributed by atoms with van der Waals surface area (Å²) in [5, 5.41) is 4.93. The van der Waals surface area contributed by atoms with Crippen molar-refractivity contribution in [2.45, 2.75) is 0 Å². The van der Waals surface area contributed by atoms with Gasteiger partial charge in [0.1, 0.15) is 5.02 Å². The Morgan fingerprint density at radius 3 is 2.65 bits per heavy atom. The van der Waals surface area contributed by atoms with Crippen LogP contribution in [0.5, 0.6) is 0 Å². The summed E-state index contributed by atoms with van der Waals surface area (Å²) < 4.78 is 0. The number of fused-ring (bicyclic) bond motifs is 1. The fourth-order valence-corrected chi connectivity index (χ4v) is 2.00. The van der Waals surface area contributed by atoms with Gasteiger partial charge in [-0.05, 0) is 18.2 Å². The molecule has 2 amide bonds. The number of anilines is 2. The molecule has 8 heteroatoms. The van der Waals surface area contributed by atoms with Crippen molar-refractivity contribution < 1.29 is 9.59 Å². The van der Waals surface area contributed by atoms with Gasteiger partial charge in [-0.25, -0.2) is 4.98 Å². The van der Waals surface area contributed by atoms with E-state index in [-0.39, 0.29) is 16.4 Å². The highest BCUT2D eigenvalue weighted by Crippen LogP contribution is 2.24. The number of H-pyrrole nitrogens is 1. The van der Waals surface area contributed by atoms with Gasteiger partial charge in [-0.3, -0.25) is 19.7 Å². The first-order valence-corrected chi connectivity index (χ1v) is 5.94. The highest BCUT2D eigenvalue weighted by atomic mass is 35.5. The number of aromatic nitrogens is 2. The van der Waals surface area contributed by atoms with Crippen LogP contribution >= 0.6 is 11.6 Å². The highest BCUT2D eigenvalue weighted by Gasteiger charge is 2.26. The molecule has 0 radical (unpaired) electrons. The van der Waals surface area contributed by atoms with Crippen LogP contribution in [-0.4, -0.2) is 21.8 Å². The molecule has 3 rings (SSSR count). The molecule has 0 saturated heterocycles. The topological polar surface area (TPSA) is 104 Å². The Labute approximate surface area is 117 Å². The second-order valence-corrected chi connectivity index (χ2v) is 4.44. The van der Waals surface area contributed by atoms with Crippen molar-refractivity contribution in [3.8, 4) is 0 Å². The number of benzene rings is 1. The van der Waals surface area contributed by atoms with E-state index in [0.717, 1.165) is 0 Å². The number of hydrogen-bond donors (Lipinski definition) is 3. The molecule has 0 aliphatic carbocycles. The number of nitrogens with one attached hydrogen (secondary N) is 3. The average molecular weight is 291 g/mol. The number of aromatic amines is 1. The summed E-state index contributed by atoms with van der Waals surface area (Å²) in [6.07, 6.45) is 1.21. The molecule has 0 unspecified atom stereocenters. The lowest BCUT2D eigenvalue weighted by molar-refractivity contribution is 0.0879. The van der Waals surface area contributed by atoms with E-state index in [1.54, 1.807) is 6.07 Å². The van der Waals surface area contributed by atoms with Crippen LogP contribution in [0.25, 0.3) is 0 Å². The third kappa shape index (κ3) is 1.94. The monoisotopic (exact) mass is 290 g/mol. The Hall–Kier alpha value is -2.67. The van der Waals surface area contributed by atoms with Crippen molar-refractivity contribution in [2.24, 2.45) is 0 Å². The van der Waals surface area contributed by atoms with E-state index in [1.807, 2.05) is 0 Å². The first-order valence-electron chi connectivity index (χ1n) is 5.56. The molecule has 1 aliphatic rings. The first kappa shape index (κ1) is 12.4. The summed E-state index contributed by atoms with van der Waals surface area (Å²) in [6, 6.07) is 4.60. The number of halogens is 1. The van der Waals surface area contributed by atoms with Crippen LogP contribution in [0, 0.1) is 0 Å². The second kappa shape index (κ2) is 4.46. The maximum atomic E-state index is 11.5. The summed E-state index contributed by atoms with van der Waals surface area (Å²) in [4.78, 5) is 40.5. The fourth-order valence-electron chi connectivity index (χ4n) is 1.85. The number of amides is 2. The molecule has 0 bridgehead atoms. The van der Waals surface area contributed by atoms with E-state index in [2.05, 4.69) is 20.6 Å². The number of carbonyl (C=O) groups is 2. The third-order valence-electron chi connectivity index (χ3n) is 2.80. The van der Waals surface area contributed by atoms with E-state index < -0.39 is 17.4 Å². The predicted molar refractivity (Wildman–Crippen MR) is 71.4 cm³/mol. The molecule has 0 fully saturated rings. The summed E-state index contributed by atoms with van der Waals surface area (Å²) in [6.45, 7) is 0. The van der Waals surface area contributed by atoms with E-state index in [1.165, 1.54) is 18.5 Å². The molecule has 1 aliphatic heterocycles. The summed E-state index contributed by atoms with van der Waals surface area (Å²) in [7, 11) is 0. The lowest BCUT2D eigenvalue weighted by Crippen LogP contribution is -2.19. The largest absolute Gasteiger partial charge is 0.339 e. The van der Waals surface area contributed by atoms with Crippen LogP contribution in [-0.2, 0) is 0 Å². The third-order valence-corrected chi connectivity index (χ3v) is 3.15. The van der Waals surface area contributed by atoms with E-state index in [4.69, 9.17) is 11.6 Å². The minimum atomic E-state index is -0.474. The zero-order valence-electron chi connectivity index (χ0n) is 9.86. The van der Waals surface area contributed by atoms with Crippen molar-refractivity contribution in [1.29, 1.82) is 0 Å². The Kier molecular flexibility index (Phi) is 2.76. The smallest absolute Gasteiger partial charge is 0.271 e. The molecule has 20 heavy (non-hydrogen) atoms. The molecule has 1 aromatic heterocycles. The number of nitrogens with zero attached hydrogens (tertiary/aromatic N) is 1. The molecule has 7 nitrogen and oxygen atoms in total. The van der Waals surface area contributed by atoms with Gasteiger partial charge < -0.3 is 10.3 Å². The summed E-state index contributed by atoms with van der Waals surface area (Å²) in [5.74, 6) is -0.720. The van der Waals surface area contributed by atoms with Crippen LogP contribution in [0.2, 0.25) is 5.02 Å². The normalized spacial score (nSPS) is 13.1. The van der Waals surface area contributed by atoms with Gasteiger partial charge in [-0.1, -0.05) is 11.6 Å². The van der Waals surface area contributed by atoms with Crippen LogP contribution < -0.4 is 16.2 Å². The zero-order valence-corrected chi connectivity index (χ0v) is 10.6. The van der Waals surface area contributed by atoms with Crippen LogP contribution in [0.1, 0.15) is 20.7 Å². The van der Waals surface area contributed by atoms with Gasteiger partial charge in [0.2, 0.25) is 0 Å². The predicted octanol–water partition coefficient (Wildman–Crippen LogP) is 1.05. The van der Waals surface area contributed by atoms with Crippen molar-refractivity contribution in [2.75, 3.05) is 5.32 Å². The Balaban J connectivity index is 1.99. The van der Waals surface area contributed by atoms with E-state index in [9.17, 15) is 14.4 Å². The van der Waals surface area contributed by atoms with Crippen molar-refractivity contribution >= 4 is 34.9 Å². The molecular weight excluding hydrogens is 284 g/mol. The number of rotatable bonds is 2. The van der Waals surface area contributed by atoms with Gasteiger partial charge >= 0.3 is 0 Å². The van der Waals surface area contributed by atoms with Gasteiger partial charge in [0.05, 0.1) is 17.5 Å². The van der Waals surface area contributed by atoms with E-state index >= 15 is 0 Å². The molecule has 2 aromatic rings. The van der Waals surface area contributed by atoms with Crippen LogP contribution in [0.4, 0.5) is 11.5 Å². The molecule has 0 atom stereocenters. The maximum absolute atomic E-state index is 11.5. The first-order chi connectivity index (χ1) is 9.56. The Morgan fingerprint density at radius 2 is 1.85 bits per heavy atom. The van der Waals surface area contributed by atoms with Crippen molar-refractivity contribution in [3.05, 3.63) is 51.0 Å². The lowest BCUT2D eigenvalue weighted by atomic mass is 10.1. The van der Waals surface area contributed by atoms with Crippen LogP contribution in [0.15, 0.2) is 29.3 Å². The van der Waals surface area contributed by atoms with E-state index in [0.29, 0.717) is 11.3 Å². The maximum Gasteiger partial charge on any atom is 0.271 e. The molecule has 0 saturated carbocycles. The Morgan fingerprint density at radius 1 is 1.10 bits per heavy atom. The minimum absolute atomic E-state index is 0.0893. The SMILES string of the molecule is O=C1NC(=O)c2cc(Nc3nc[nH]c(=O)c3Cl)ccc21. The van der Waals surface area contributed by atoms with Crippen LogP contribution in [0.3, 0.4) is 0 Å². The quantitative estimate of drug-likeness (QED) is 0.717. The standard InChI is InChI=1S/C12H7ClN4O3/c13-8-9(14-4-15-12(8)20)16-5-1-2-6-7(3-5)11(19)17-10(6)18/h1-4H,(H,17,18,19)(H2,14,15,16,20). The van der Waals surface area contributed by atoms with Gasteiger partial charge in [0.15, 0.2) is 5.82 Å². The van der Waals surface area contributed by atoms with Crippen molar-refractivity contribution in [3.63, 3.8) is 0 Å². The molecule has 1 aromatic carbocycles. The van der Waals surface area contributed by atoms with Gasteiger partial charge in [-0.2, -0.15) is 0 Å². The summed E-state index contributed by atoms with van der Waals surface area (Å²) >= 11 is 5.81. The fraction of sp³-hybridized carbons (Fsp3) is 0. The molecule has 3 N–H and O–H groups in total.